The standard InChI is InChI=1S/C24H21FN4O2S/c25-19-3-1-2-17(13-19)24(31)29-10-7-18(15-29)20-4-5-21(32-20)23(30)27-14-16-6-9-28-11-8-26-22(28)12-16/h1-6,8-9,11-13,18H,7,10,14-15H2,(H,27,30). The second-order valence-electron chi connectivity index (χ2n) is 7.86. The van der Waals surface area contributed by atoms with Crippen LogP contribution in [-0.2, 0) is 6.54 Å². The maximum absolute atomic E-state index is 13.4. The summed E-state index contributed by atoms with van der Waals surface area (Å²) < 4.78 is 15.4. The summed E-state index contributed by atoms with van der Waals surface area (Å²) in [6.07, 6.45) is 6.36. The van der Waals surface area contributed by atoms with Crippen LogP contribution < -0.4 is 5.32 Å². The molecule has 8 heteroatoms. The highest BCUT2D eigenvalue weighted by atomic mass is 32.1. The zero-order valence-electron chi connectivity index (χ0n) is 17.2. The van der Waals surface area contributed by atoms with E-state index in [2.05, 4.69) is 10.3 Å². The molecule has 1 saturated heterocycles. The molecule has 1 aromatic carbocycles. The van der Waals surface area contributed by atoms with Crippen LogP contribution in [0.15, 0.2) is 67.1 Å². The number of pyridine rings is 1. The van der Waals surface area contributed by atoms with E-state index in [0.29, 0.717) is 30.1 Å². The molecule has 4 heterocycles. The Morgan fingerprint density at radius 1 is 1.16 bits per heavy atom. The molecule has 32 heavy (non-hydrogen) atoms. The number of imidazole rings is 1. The molecule has 1 unspecified atom stereocenters. The number of amides is 2. The molecule has 0 radical (unpaired) electrons. The van der Waals surface area contributed by atoms with Crippen LogP contribution in [-0.4, -0.2) is 39.2 Å². The van der Waals surface area contributed by atoms with Crippen LogP contribution in [0.25, 0.3) is 5.65 Å². The number of rotatable bonds is 5. The first-order valence-corrected chi connectivity index (χ1v) is 11.2. The summed E-state index contributed by atoms with van der Waals surface area (Å²) in [5.41, 5.74) is 2.19. The molecule has 1 aliphatic rings. The normalized spacial score (nSPS) is 15.9. The molecular formula is C24H21FN4O2S. The fourth-order valence-electron chi connectivity index (χ4n) is 4.01. The quantitative estimate of drug-likeness (QED) is 0.500. The van der Waals surface area contributed by atoms with E-state index in [0.717, 1.165) is 22.5 Å². The van der Waals surface area contributed by atoms with Crippen molar-refractivity contribution in [1.82, 2.24) is 19.6 Å². The van der Waals surface area contributed by atoms with Crippen molar-refractivity contribution >= 4 is 28.8 Å². The van der Waals surface area contributed by atoms with Crippen LogP contribution in [0.3, 0.4) is 0 Å². The molecule has 0 spiro atoms. The van der Waals surface area contributed by atoms with E-state index in [1.165, 1.54) is 23.5 Å². The third-order valence-corrected chi connectivity index (χ3v) is 6.96. The number of likely N-dealkylation sites (tertiary alicyclic amines) is 1. The third kappa shape index (κ3) is 4.13. The first-order chi connectivity index (χ1) is 15.6. The van der Waals surface area contributed by atoms with Crippen LogP contribution in [0.5, 0.6) is 0 Å². The summed E-state index contributed by atoms with van der Waals surface area (Å²) in [7, 11) is 0. The Kier molecular flexibility index (Phi) is 5.45. The molecule has 162 valence electrons. The third-order valence-electron chi connectivity index (χ3n) is 5.72. The predicted molar refractivity (Wildman–Crippen MR) is 120 cm³/mol. The van der Waals surface area contributed by atoms with Gasteiger partial charge in [0.05, 0.1) is 4.88 Å². The fourth-order valence-corrected chi connectivity index (χ4v) is 5.06. The molecule has 1 aliphatic heterocycles. The largest absolute Gasteiger partial charge is 0.347 e. The van der Waals surface area contributed by atoms with Crippen molar-refractivity contribution < 1.29 is 14.0 Å². The molecule has 1 fully saturated rings. The number of hydrogen-bond donors (Lipinski definition) is 1. The first kappa shape index (κ1) is 20.4. The summed E-state index contributed by atoms with van der Waals surface area (Å²) in [6, 6.07) is 13.5. The molecule has 6 nitrogen and oxygen atoms in total. The van der Waals surface area contributed by atoms with Gasteiger partial charge in [0, 0.05) is 54.6 Å². The summed E-state index contributed by atoms with van der Waals surface area (Å²) in [4.78, 5) is 33.0. The lowest BCUT2D eigenvalue weighted by Crippen LogP contribution is -2.28. The average Bonchev–Trinajstić information content (AvgIpc) is 3.56. The number of aromatic nitrogens is 2. The van der Waals surface area contributed by atoms with E-state index in [1.54, 1.807) is 23.2 Å². The number of halogens is 1. The number of carbonyl (C=O) groups is 2. The summed E-state index contributed by atoms with van der Waals surface area (Å²) in [5, 5.41) is 2.96. The number of carbonyl (C=O) groups excluding carboxylic acids is 2. The highest BCUT2D eigenvalue weighted by Gasteiger charge is 2.29. The Morgan fingerprint density at radius 2 is 2.06 bits per heavy atom. The Hall–Kier alpha value is -3.52. The minimum absolute atomic E-state index is 0.116. The van der Waals surface area contributed by atoms with Crippen LogP contribution in [0.1, 0.15) is 42.8 Å². The van der Waals surface area contributed by atoms with Gasteiger partial charge in [-0.15, -0.1) is 11.3 Å². The number of hydrogen-bond acceptors (Lipinski definition) is 4. The van der Waals surface area contributed by atoms with Gasteiger partial charge in [-0.2, -0.15) is 0 Å². The van der Waals surface area contributed by atoms with Gasteiger partial charge < -0.3 is 14.6 Å². The van der Waals surface area contributed by atoms with Gasteiger partial charge in [-0.05, 0) is 54.4 Å². The van der Waals surface area contributed by atoms with Crippen molar-refractivity contribution in [2.24, 2.45) is 0 Å². The minimum Gasteiger partial charge on any atom is -0.347 e. The van der Waals surface area contributed by atoms with Crippen molar-refractivity contribution in [1.29, 1.82) is 0 Å². The van der Waals surface area contributed by atoms with E-state index in [4.69, 9.17) is 0 Å². The highest BCUT2D eigenvalue weighted by Crippen LogP contribution is 2.33. The van der Waals surface area contributed by atoms with Crippen molar-refractivity contribution in [2.45, 2.75) is 18.9 Å². The van der Waals surface area contributed by atoms with E-state index in [9.17, 15) is 14.0 Å². The molecule has 0 saturated carbocycles. The topological polar surface area (TPSA) is 66.7 Å². The molecule has 0 aliphatic carbocycles. The number of nitrogens with zero attached hydrogens (tertiary/aromatic N) is 3. The zero-order valence-corrected chi connectivity index (χ0v) is 18.0. The van der Waals surface area contributed by atoms with Gasteiger partial charge >= 0.3 is 0 Å². The second kappa shape index (κ2) is 8.55. The van der Waals surface area contributed by atoms with E-state index in [1.807, 2.05) is 41.1 Å². The van der Waals surface area contributed by atoms with Crippen molar-refractivity contribution in [3.05, 3.63) is 93.8 Å². The molecule has 2 amide bonds. The van der Waals surface area contributed by atoms with Gasteiger partial charge in [-0.3, -0.25) is 9.59 Å². The predicted octanol–water partition coefficient (Wildman–Crippen LogP) is 4.09. The lowest BCUT2D eigenvalue weighted by atomic mass is 10.1. The molecule has 1 atom stereocenters. The number of fused-ring (bicyclic) bond motifs is 1. The van der Waals surface area contributed by atoms with Crippen LogP contribution >= 0.6 is 11.3 Å². The number of thiophene rings is 1. The Labute approximate surface area is 188 Å². The average molecular weight is 449 g/mol. The van der Waals surface area contributed by atoms with Gasteiger partial charge in [0.2, 0.25) is 0 Å². The highest BCUT2D eigenvalue weighted by molar-refractivity contribution is 7.14. The second-order valence-corrected chi connectivity index (χ2v) is 8.97. The van der Waals surface area contributed by atoms with Crippen LogP contribution in [0.4, 0.5) is 4.39 Å². The maximum Gasteiger partial charge on any atom is 0.261 e. The van der Waals surface area contributed by atoms with Gasteiger partial charge in [-0.1, -0.05) is 6.07 Å². The lowest BCUT2D eigenvalue weighted by molar-refractivity contribution is 0.0790. The Bertz CT molecular complexity index is 1300. The first-order valence-electron chi connectivity index (χ1n) is 10.4. The molecular weight excluding hydrogens is 427 g/mol. The Morgan fingerprint density at radius 3 is 2.94 bits per heavy atom. The minimum atomic E-state index is -0.412. The van der Waals surface area contributed by atoms with E-state index in [-0.39, 0.29) is 17.7 Å². The lowest BCUT2D eigenvalue weighted by Gasteiger charge is -2.16. The van der Waals surface area contributed by atoms with Crippen molar-refractivity contribution in [2.75, 3.05) is 13.1 Å². The number of nitrogens with one attached hydrogen (secondary N) is 1. The van der Waals surface area contributed by atoms with Gasteiger partial charge in [-0.25, -0.2) is 9.37 Å². The van der Waals surface area contributed by atoms with Crippen LogP contribution in [0.2, 0.25) is 0 Å². The molecule has 0 bridgehead atoms. The smallest absolute Gasteiger partial charge is 0.261 e. The van der Waals surface area contributed by atoms with Crippen molar-refractivity contribution in [3.8, 4) is 0 Å². The molecule has 1 N–H and O–H groups in total. The summed E-state index contributed by atoms with van der Waals surface area (Å²) >= 11 is 1.46. The molecule has 5 rings (SSSR count). The van der Waals surface area contributed by atoms with Gasteiger partial charge in [0.1, 0.15) is 11.5 Å². The summed E-state index contributed by atoms with van der Waals surface area (Å²) in [5.74, 6) is -0.502. The van der Waals surface area contributed by atoms with Gasteiger partial charge in [0.25, 0.3) is 11.8 Å². The zero-order chi connectivity index (χ0) is 22.1. The monoisotopic (exact) mass is 448 g/mol. The van der Waals surface area contributed by atoms with E-state index >= 15 is 0 Å². The van der Waals surface area contributed by atoms with Crippen LogP contribution in [0, 0.1) is 5.82 Å². The van der Waals surface area contributed by atoms with E-state index < -0.39 is 5.82 Å². The van der Waals surface area contributed by atoms with Crippen molar-refractivity contribution in [3.63, 3.8) is 0 Å². The molecule has 3 aromatic heterocycles. The Balaban J connectivity index is 1.19. The fraction of sp³-hybridized carbons (Fsp3) is 0.208. The SMILES string of the molecule is O=C(NCc1ccn2ccnc2c1)c1ccc(C2CCN(C(=O)c3cccc(F)c3)C2)s1. The van der Waals surface area contributed by atoms with Gasteiger partial charge in [0.15, 0.2) is 0 Å². The summed E-state index contributed by atoms with van der Waals surface area (Å²) in [6.45, 7) is 1.62. The number of benzene rings is 1. The maximum atomic E-state index is 13.4. The molecule has 4 aromatic rings.